The third-order valence-corrected chi connectivity index (χ3v) is 4.23. The number of hydrogen-bond donors (Lipinski definition) is 1. The van der Waals surface area contributed by atoms with Gasteiger partial charge in [0.2, 0.25) is 0 Å². The number of Topliss-reactive ketones (excluding diaryl/α,β-unsaturated/α-hetero) is 1. The van der Waals surface area contributed by atoms with Crippen LogP contribution in [0, 0.1) is 0 Å². The van der Waals surface area contributed by atoms with E-state index in [1.54, 1.807) is 36.4 Å². The monoisotopic (exact) mass is 357 g/mol. The molecule has 0 aliphatic carbocycles. The number of aliphatic hydroxyl groups is 1. The minimum Gasteiger partial charge on any atom is -0.507 e. The molecule has 1 aliphatic rings. The van der Waals surface area contributed by atoms with Gasteiger partial charge in [-0.05, 0) is 24.3 Å². The van der Waals surface area contributed by atoms with Crippen LogP contribution >= 0.6 is 0 Å². The second-order valence-corrected chi connectivity index (χ2v) is 5.73. The molecule has 1 aromatic carbocycles. The number of furan rings is 1. The number of carbonyl (C=O) groups excluding carboxylic acids is 2. The van der Waals surface area contributed by atoms with Crippen LogP contribution in [0.25, 0.3) is 5.76 Å². The van der Waals surface area contributed by atoms with Crippen LogP contribution in [-0.2, 0) is 14.3 Å². The number of benzene rings is 1. The number of ketones is 1. The van der Waals surface area contributed by atoms with Gasteiger partial charge in [-0.3, -0.25) is 9.59 Å². The summed E-state index contributed by atoms with van der Waals surface area (Å²) >= 11 is 0. The standard InChI is InChI=1S/C19H19NO6/c1-24-10-8-20-16(14-7-4-9-26-14)15(18(22)19(20)23)17(21)12-5-3-6-13(11-12)25-2/h3-7,9,11,16,21H,8,10H2,1-2H3/b17-15-. The highest BCUT2D eigenvalue weighted by atomic mass is 16.5. The van der Waals surface area contributed by atoms with E-state index in [-0.39, 0.29) is 24.5 Å². The molecule has 2 heterocycles. The summed E-state index contributed by atoms with van der Waals surface area (Å²) in [5.41, 5.74) is 0.361. The number of aliphatic hydroxyl groups excluding tert-OH is 1. The van der Waals surface area contributed by atoms with Gasteiger partial charge in [-0.1, -0.05) is 12.1 Å². The lowest BCUT2D eigenvalue weighted by Gasteiger charge is -2.22. The van der Waals surface area contributed by atoms with Gasteiger partial charge in [0.1, 0.15) is 23.3 Å². The van der Waals surface area contributed by atoms with Gasteiger partial charge in [-0.2, -0.15) is 0 Å². The van der Waals surface area contributed by atoms with E-state index in [0.29, 0.717) is 17.1 Å². The molecule has 26 heavy (non-hydrogen) atoms. The maximum atomic E-state index is 12.6. The van der Waals surface area contributed by atoms with E-state index in [0.717, 1.165) is 0 Å². The van der Waals surface area contributed by atoms with Crippen molar-refractivity contribution < 1.29 is 28.6 Å². The van der Waals surface area contributed by atoms with Gasteiger partial charge in [0.25, 0.3) is 11.7 Å². The molecule has 7 heteroatoms. The first-order chi connectivity index (χ1) is 12.6. The third kappa shape index (κ3) is 3.09. The minimum absolute atomic E-state index is 0.0192. The van der Waals surface area contributed by atoms with Crippen LogP contribution in [0.15, 0.2) is 52.7 Å². The van der Waals surface area contributed by atoms with Crippen molar-refractivity contribution in [3.05, 3.63) is 59.6 Å². The molecule has 1 aromatic heterocycles. The van der Waals surface area contributed by atoms with Crippen molar-refractivity contribution in [1.82, 2.24) is 4.90 Å². The molecule has 7 nitrogen and oxygen atoms in total. The highest BCUT2D eigenvalue weighted by molar-refractivity contribution is 6.46. The van der Waals surface area contributed by atoms with Crippen LogP contribution in [0.5, 0.6) is 5.75 Å². The molecular weight excluding hydrogens is 338 g/mol. The summed E-state index contributed by atoms with van der Waals surface area (Å²) in [5, 5.41) is 10.8. The maximum Gasteiger partial charge on any atom is 0.295 e. The molecule has 136 valence electrons. The summed E-state index contributed by atoms with van der Waals surface area (Å²) in [6, 6.07) is 9.16. The summed E-state index contributed by atoms with van der Waals surface area (Å²) in [6.45, 7) is 0.449. The van der Waals surface area contributed by atoms with Gasteiger partial charge in [-0.15, -0.1) is 0 Å². The fourth-order valence-electron chi connectivity index (χ4n) is 2.97. The summed E-state index contributed by atoms with van der Waals surface area (Å²) in [4.78, 5) is 26.5. The molecule has 1 saturated heterocycles. The van der Waals surface area contributed by atoms with E-state index >= 15 is 0 Å². The number of hydrogen-bond acceptors (Lipinski definition) is 6. The fourth-order valence-corrected chi connectivity index (χ4v) is 2.97. The van der Waals surface area contributed by atoms with Crippen molar-refractivity contribution in [2.24, 2.45) is 0 Å². The highest BCUT2D eigenvalue weighted by Gasteiger charge is 2.47. The van der Waals surface area contributed by atoms with E-state index in [2.05, 4.69) is 0 Å². The first kappa shape index (κ1) is 17.8. The zero-order chi connectivity index (χ0) is 18.7. The molecule has 0 bridgehead atoms. The van der Waals surface area contributed by atoms with Gasteiger partial charge in [-0.25, -0.2) is 0 Å². The molecule has 1 aliphatic heterocycles. The summed E-state index contributed by atoms with van der Waals surface area (Å²) in [6.07, 6.45) is 1.46. The summed E-state index contributed by atoms with van der Waals surface area (Å²) in [7, 11) is 3.01. The number of ether oxygens (including phenoxy) is 2. The molecule has 0 saturated carbocycles. The van der Waals surface area contributed by atoms with Crippen molar-refractivity contribution in [3.63, 3.8) is 0 Å². The van der Waals surface area contributed by atoms with Gasteiger partial charge < -0.3 is 23.9 Å². The lowest BCUT2D eigenvalue weighted by Crippen LogP contribution is -2.32. The molecule has 1 amide bonds. The average molecular weight is 357 g/mol. The van der Waals surface area contributed by atoms with Crippen molar-refractivity contribution in [1.29, 1.82) is 0 Å². The number of likely N-dealkylation sites (tertiary alicyclic amines) is 1. The van der Waals surface area contributed by atoms with Crippen molar-refractivity contribution in [3.8, 4) is 5.75 Å². The van der Waals surface area contributed by atoms with Gasteiger partial charge in [0.15, 0.2) is 0 Å². The SMILES string of the molecule is COCCN1C(=O)C(=O)/C(=C(\O)c2cccc(OC)c2)C1c1ccco1. The Morgan fingerprint density at radius 2 is 2.04 bits per heavy atom. The lowest BCUT2D eigenvalue weighted by atomic mass is 9.99. The van der Waals surface area contributed by atoms with Crippen molar-refractivity contribution in [2.75, 3.05) is 27.4 Å². The highest BCUT2D eigenvalue weighted by Crippen LogP contribution is 2.39. The van der Waals surface area contributed by atoms with Crippen LogP contribution in [0.3, 0.4) is 0 Å². The Kier molecular flexibility index (Phi) is 5.09. The summed E-state index contributed by atoms with van der Waals surface area (Å²) < 4.78 is 15.6. The Labute approximate surface area is 150 Å². The van der Waals surface area contributed by atoms with E-state index < -0.39 is 17.7 Å². The van der Waals surface area contributed by atoms with Crippen LogP contribution in [0.4, 0.5) is 0 Å². The number of nitrogens with zero attached hydrogens (tertiary/aromatic N) is 1. The van der Waals surface area contributed by atoms with Gasteiger partial charge in [0.05, 0.1) is 25.6 Å². The number of amides is 1. The fraction of sp³-hybridized carbons (Fsp3) is 0.263. The normalized spacial score (nSPS) is 19.2. The zero-order valence-electron chi connectivity index (χ0n) is 14.5. The molecule has 0 spiro atoms. The smallest absolute Gasteiger partial charge is 0.295 e. The zero-order valence-corrected chi connectivity index (χ0v) is 14.5. The predicted octanol–water partition coefficient (Wildman–Crippen LogP) is 2.36. The average Bonchev–Trinajstić information content (AvgIpc) is 3.27. The molecule has 3 rings (SSSR count). The van der Waals surface area contributed by atoms with Crippen LogP contribution < -0.4 is 4.74 Å². The topological polar surface area (TPSA) is 89.2 Å². The Morgan fingerprint density at radius 1 is 1.23 bits per heavy atom. The van der Waals surface area contributed by atoms with Gasteiger partial charge in [0, 0.05) is 19.2 Å². The van der Waals surface area contributed by atoms with E-state index in [1.165, 1.54) is 25.4 Å². The first-order valence-corrected chi connectivity index (χ1v) is 8.03. The van der Waals surface area contributed by atoms with E-state index in [1.807, 2.05) is 0 Å². The molecule has 0 radical (unpaired) electrons. The Morgan fingerprint density at radius 3 is 2.69 bits per heavy atom. The quantitative estimate of drug-likeness (QED) is 0.485. The Bertz CT molecular complexity index is 839. The molecule has 1 atom stereocenters. The number of rotatable bonds is 6. The molecule has 1 fully saturated rings. The molecular formula is C19H19NO6. The number of carbonyl (C=O) groups is 2. The Balaban J connectivity index is 2.12. The minimum atomic E-state index is -0.814. The van der Waals surface area contributed by atoms with Crippen molar-refractivity contribution >= 4 is 17.4 Å². The second-order valence-electron chi connectivity index (χ2n) is 5.73. The van der Waals surface area contributed by atoms with Crippen LogP contribution in [-0.4, -0.2) is 49.1 Å². The van der Waals surface area contributed by atoms with Crippen LogP contribution in [0.2, 0.25) is 0 Å². The van der Waals surface area contributed by atoms with E-state index in [9.17, 15) is 14.7 Å². The largest absolute Gasteiger partial charge is 0.507 e. The molecule has 1 unspecified atom stereocenters. The molecule has 1 N–H and O–H groups in total. The second kappa shape index (κ2) is 7.45. The lowest BCUT2D eigenvalue weighted by molar-refractivity contribution is -0.140. The van der Waals surface area contributed by atoms with Gasteiger partial charge >= 0.3 is 0 Å². The summed E-state index contributed by atoms with van der Waals surface area (Å²) in [5.74, 6) is -0.818. The van der Waals surface area contributed by atoms with Crippen LogP contribution in [0.1, 0.15) is 17.4 Å². The Hall–Kier alpha value is -3.06. The maximum absolute atomic E-state index is 12.6. The third-order valence-electron chi connectivity index (χ3n) is 4.23. The molecule has 2 aromatic rings. The number of methoxy groups -OCH3 is 2. The van der Waals surface area contributed by atoms with Crippen molar-refractivity contribution in [2.45, 2.75) is 6.04 Å². The van der Waals surface area contributed by atoms with E-state index in [4.69, 9.17) is 13.9 Å². The predicted molar refractivity (Wildman–Crippen MR) is 92.6 cm³/mol. The first-order valence-electron chi connectivity index (χ1n) is 8.03.